The molecule has 0 spiro atoms. The third-order valence-electron chi connectivity index (χ3n) is 2.17. The summed E-state index contributed by atoms with van der Waals surface area (Å²) in [5.74, 6) is 0. The quantitative estimate of drug-likeness (QED) is 0.668. The van der Waals surface area contributed by atoms with Crippen LogP contribution in [0.1, 0.15) is 23.6 Å². The summed E-state index contributed by atoms with van der Waals surface area (Å²) in [5, 5.41) is 0. The summed E-state index contributed by atoms with van der Waals surface area (Å²) in [7, 11) is 0. The molecule has 11 heavy (non-hydrogen) atoms. The van der Waals surface area contributed by atoms with Crippen molar-refractivity contribution in [3.63, 3.8) is 0 Å². The average Bonchev–Trinajstić information content (AvgIpc) is 1.99. The molecule has 0 amide bonds. The van der Waals surface area contributed by atoms with Crippen LogP contribution in [0.25, 0.3) is 0 Å². The van der Waals surface area contributed by atoms with Gasteiger partial charge in [0.25, 0.3) is 0 Å². The predicted molar refractivity (Wildman–Crippen MR) is 53.0 cm³/mol. The highest BCUT2D eigenvalue weighted by atomic mass is 79.9. The van der Waals surface area contributed by atoms with E-state index in [1.807, 2.05) is 0 Å². The van der Waals surface area contributed by atoms with E-state index < -0.39 is 0 Å². The second-order valence-corrected chi connectivity index (χ2v) is 3.68. The van der Waals surface area contributed by atoms with Crippen molar-refractivity contribution in [3.05, 3.63) is 33.3 Å². The van der Waals surface area contributed by atoms with E-state index in [1.54, 1.807) is 0 Å². The molecule has 0 aliphatic carbocycles. The van der Waals surface area contributed by atoms with E-state index >= 15 is 0 Å². The van der Waals surface area contributed by atoms with Crippen LogP contribution in [0.2, 0.25) is 0 Å². The summed E-state index contributed by atoms with van der Waals surface area (Å²) < 4.78 is 1.24. The van der Waals surface area contributed by atoms with Gasteiger partial charge in [-0.25, -0.2) is 0 Å². The summed E-state index contributed by atoms with van der Waals surface area (Å²) in [6.45, 7) is 6.52. The van der Waals surface area contributed by atoms with Crippen molar-refractivity contribution in [2.45, 2.75) is 27.2 Å². The van der Waals surface area contributed by atoms with Crippen LogP contribution < -0.4 is 0 Å². The zero-order chi connectivity index (χ0) is 8.43. The first-order valence-electron chi connectivity index (χ1n) is 3.91. The first-order chi connectivity index (χ1) is 5.16. The molecule has 1 rings (SSSR count). The summed E-state index contributed by atoms with van der Waals surface area (Å²) in [5.41, 5.74) is 4.23. The molecule has 0 aliphatic rings. The fourth-order valence-electron chi connectivity index (χ4n) is 1.27. The molecule has 0 heterocycles. The summed E-state index contributed by atoms with van der Waals surface area (Å²) in [4.78, 5) is 0. The lowest BCUT2D eigenvalue weighted by Crippen LogP contribution is -1.91. The van der Waals surface area contributed by atoms with Crippen molar-refractivity contribution in [1.29, 1.82) is 0 Å². The first-order valence-corrected chi connectivity index (χ1v) is 4.70. The number of rotatable bonds is 1. The molecule has 0 bridgehead atoms. The van der Waals surface area contributed by atoms with Crippen molar-refractivity contribution in [1.82, 2.24) is 0 Å². The largest absolute Gasteiger partial charge is 0.0612 e. The maximum Gasteiger partial charge on any atom is 0.0210 e. The fourth-order valence-corrected chi connectivity index (χ4v) is 1.98. The normalized spacial score (nSPS) is 10.2. The zero-order valence-electron chi connectivity index (χ0n) is 7.24. The molecule has 0 fully saturated rings. The summed E-state index contributed by atoms with van der Waals surface area (Å²) in [6, 6.07) is 4.28. The summed E-state index contributed by atoms with van der Waals surface area (Å²) in [6.07, 6.45) is 1.11. The number of hydrogen-bond acceptors (Lipinski definition) is 0. The van der Waals surface area contributed by atoms with E-state index in [2.05, 4.69) is 48.8 Å². The van der Waals surface area contributed by atoms with Crippen LogP contribution in [0.4, 0.5) is 0 Å². The molecule has 0 radical (unpaired) electrons. The lowest BCUT2D eigenvalue weighted by Gasteiger charge is -2.08. The Balaban J connectivity index is 3.29. The second kappa shape index (κ2) is 3.40. The van der Waals surface area contributed by atoms with Gasteiger partial charge in [0.1, 0.15) is 0 Å². The van der Waals surface area contributed by atoms with E-state index in [0.717, 1.165) is 6.42 Å². The third kappa shape index (κ3) is 1.64. The van der Waals surface area contributed by atoms with Gasteiger partial charge in [-0.05, 0) is 43.0 Å². The van der Waals surface area contributed by atoms with Gasteiger partial charge in [-0.2, -0.15) is 0 Å². The summed E-state index contributed by atoms with van der Waals surface area (Å²) >= 11 is 3.54. The number of halogens is 1. The van der Waals surface area contributed by atoms with E-state index in [4.69, 9.17) is 0 Å². The van der Waals surface area contributed by atoms with Gasteiger partial charge in [0.05, 0.1) is 0 Å². The Labute approximate surface area is 76.8 Å². The molecule has 0 aliphatic heterocycles. The molecule has 0 atom stereocenters. The van der Waals surface area contributed by atoms with Crippen LogP contribution in [0.5, 0.6) is 0 Å². The number of benzene rings is 1. The van der Waals surface area contributed by atoms with Crippen LogP contribution in [0.15, 0.2) is 16.6 Å². The van der Waals surface area contributed by atoms with Gasteiger partial charge in [-0.1, -0.05) is 28.9 Å². The molecule has 0 aromatic heterocycles. The average molecular weight is 213 g/mol. The van der Waals surface area contributed by atoms with E-state index in [9.17, 15) is 0 Å². The minimum atomic E-state index is 1.11. The number of hydrogen-bond donors (Lipinski definition) is 0. The van der Waals surface area contributed by atoms with E-state index in [1.165, 1.54) is 21.2 Å². The maximum atomic E-state index is 3.54. The molecule has 1 aromatic carbocycles. The van der Waals surface area contributed by atoms with Crippen molar-refractivity contribution in [2.24, 2.45) is 0 Å². The molecule has 0 saturated heterocycles. The molecule has 60 valence electrons. The van der Waals surface area contributed by atoms with Crippen LogP contribution in [-0.4, -0.2) is 0 Å². The molecule has 0 unspecified atom stereocenters. The fraction of sp³-hybridized carbons (Fsp3) is 0.400. The standard InChI is InChI=1S/C10H13Br/c1-4-9-8(3)7(2)5-6-10(9)11/h5-6H,4H2,1-3H3. The van der Waals surface area contributed by atoms with Crippen molar-refractivity contribution < 1.29 is 0 Å². The molecular weight excluding hydrogens is 200 g/mol. The molecule has 1 heteroatoms. The van der Waals surface area contributed by atoms with Crippen molar-refractivity contribution in [2.75, 3.05) is 0 Å². The molecular formula is C10H13Br. The first kappa shape index (κ1) is 8.79. The van der Waals surface area contributed by atoms with Crippen LogP contribution >= 0.6 is 15.9 Å². The highest BCUT2D eigenvalue weighted by Gasteiger charge is 2.02. The van der Waals surface area contributed by atoms with E-state index in [0.29, 0.717) is 0 Å². The lowest BCUT2D eigenvalue weighted by atomic mass is 10.0. The van der Waals surface area contributed by atoms with Gasteiger partial charge in [-0.3, -0.25) is 0 Å². The lowest BCUT2D eigenvalue weighted by molar-refractivity contribution is 1.08. The molecule has 1 aromatic rings. The van der Waals surface area contributed by atoms with Gasteiger partial charge >= 0.3 is 0 Å². The van der Waals surface area contributed by atoms with Crippen LogP contribution in [0, 0.1) is 13.8 Å². The second-order valence-electron chi connectivity index (χ2n) is 2.82. The Bertz CT molecular complexity index is 264. The molecule has 0 N–H and O–H groups in total. The Hall–Kier alpha value is -0.300. The highest BCUT2D eigenvalue weighted by Crippen LogP contribution is 2.23. The van der Waals surface area contributed by atoms with Crippen molar-refractivity contribution >= 4 is 15.9 Å². The zero-order valence-corrected chi connectivity index (χ0v) is 8.83. The molecule has 0 saturated carbocycles. The Morgan fingerprint density at radius 1 is 1.27 bits per heavy atom. The highest BCUT2D eigenvalue weighted by molar-refractivity contribution is 9.10. The van der Waals surface area contributed by atoms with Gasteiger partial charge in [0.2, 0.25) is 0 Å². The Morgan fingerprint density at radius 2 is 1.91 bits per heavy atom. The monoisotopic (exact) mass is 212 g/mol. The van der Waals surface area contributed by atoms with Crippen LogP contribution in [0.3, 0.4) is 0 Å². The van der Waals surface area contributed by atoms with Crippen molar-refractivity contribution in [3.8, 4) is 0 Å². The maximum absolute atomic E-state index is 3.54. The number of aryl methyl sites for hydroxylation is 1. The van der Waals surface area contributed by atoms with E-state index in [-0.39, 0.29) is 0 Å². The van der Waals surface area contributed by atoms with Gasteiger partial charge in [-0.15, -0.1) is 0 Å². The SMILES string of the molecule is CCc1c(Br)ccc(C)c1C. The topological polar surface area (TPSA) is 0 Å². The van der Waals surface area contributed by atoms with Gasteiger partial charge in [0, 0.05) is 4.47 Å². The molecule has 0 nitrogen and oxygen atoms in total. The Kier molecular flexibility index (Phi) is 2.72. The van der Waals surface area contributed by atoms with Gasteiger partial charge < -0.3 is 0 Å². The minimum Gasteiger partial charge on any atom is -0.0612 e. The predicted octanol–water partition coefficient (Wildman–Crippen LogP) is 3.63. The minimum absolute atomic E-state index is 1.11. The third-order valence-corrected chi connectivity index (χ3v) is 2.91. The van der Waals surface area contributed by atoms with Crippen LogP contribution in [-0.2, 0) is 6.42 Å². The van der Waals surface area contributed by atoms with Gasteiger partial charge in [0.15, 0.2) is 0 Å². The Morgan fingerprint density at radius 3 is 2.36 bits per heavy atom. The smallest absolute Gasteiger partial charge is 0.0210 e.